The van der Waals surface area contributed by atoms with E-state index in [4.69, 9.17) is 0 Å². The molecule has 0 unspecified atom stereocenters. The van der Waals surface area contributed by atoms with Crippen LogP contribution in [0.25, 0.3) is 0 Å². The molecule has 0 aliphatic carbocycles. The van der Waals surface area contributed by atoms with Crippen LogP contribution < -0.4 is 10.9 Å². The average Bonchev–Trinajstić information content (AvgIpc) is 1.87. The van der Waals surface area contributed by atoms with Gasteiger partial charge in [0.2, 0.25) is 0 Å². The van der Waals surface area contributed by atoms with Gasteiger partial charge in [-0.3, -0.25) is 0 Å². The van der Waals surface area contributed by atoms with Gasteiger partial charge in [0.25, 0.3) is 0 Å². The monoisotopic (exact) mass is 142 g/mol. The molecule has 4 nitrogen and oxygen atoms in total. The van der Waals surface area contributed by atoms with Crippen LogP contribution in [0.15, 0.2) is 10.2 Å². The van der Waals surface area contributed by atoms with Crippen LogP contribution in [0.5, 0.6) is 0 Å². The van der Waals surface area contributed by atoms with E-state index >= 15 is 0 Å². The Bertz CT molecular complexity index is 108. The highest BCUT2D eigenvalue weighted by Gasteiger charge is 1.86. The molecule has 4 heteroatoms. The highest BCUT2D eigenvalue weighted by Crippen LogP contribution is 1.84. The number of nitrogens with one attached hydrogen (secondary N) is 2. The molecule has 0 aliphatic heterocycles. The molecular formula is C6H14N4. The first-order valence-electron chi connectivity index (χ1n) is 3.23. The standard InChI is InChI=1S/C6H14N4/c1-6(2)4-8-5-9-10-7-3/h5-6,10H,3-4H2,1-2H3,(H,8,9). The van der Waals surface area contributed by atoms with Gasteiger partial charge in [0.1, 0.15) is 6.34 Å². The number of rotatable bonds is 5. The number of hydrogen-bond acceptors (Lipinski definition) is 3. The van der Waals surface area contributed by atoms with Crippen LogP contribution >= 0.6 is 0 Å². The van der Waals surface area contributed by atoms with E-state index in [1.807, 2.05) is 0 Å². The number of hydrazone groups is 2. The van der Waals surface area contributed by atoms with E-state index in [1.54, 1.807) is 6.34 Å². The van der Waals surface area contributed by atoms with Crippen molar-refractivity contribution in [1.29, 1.82) is 0 Å². The summed E-state index contributed by atoms with van der Waals surface area (Å²) in [4.78, 5) is 0. The zero-order chi connectivity index (χ0) is 7.82. The lowest BCUT2D eigenvalue weighted by atomic mass is 10.2. The summed E-state index contributed by atoms with van der Waals surface area (Å²) in [5.41, 5.74) is 2.34. The highest BCUT2D eigenvalue weighted by atomic mass is 15.5. The van der Waals surface area contributed by atoms with E-state index < -0.39 is 0 Å². The van der Waals surface area contributed by atoms with Crippen molar-refractivity contribution in [2.24, 2.45) is 16.1 Å². The molecule has 0 saturated heterocycles. The Morgan fingerprint density at radius 1 is 1.60 bits per heavy atom. The Labute approximate surface area is 61.4 Å². The first kappa shape index (κ1) is 8.94. The molecule has 0 atom stereocenters. The fraction of sp³-hybridized carbons (Fsp3) is 0.667. The normalized spacial score (nSPS) is 10.3. The largest absolute Gasteiger partial charge is 0.374 e. The van der Waals surface area contributed by atoms with Crippen molar-refractivity contribution in [3.8, 4) is 0 Å². The lowest BCUT2D eigenvalue weighted by Crippen LogP contribution is -2.18. The van der Waals surface area contributed by atoms with Crippen molar-refractivity contribution in [2.45, 2.75) is 13.8 Å². The van der Waals surface area contributed by atoms with Gasteiger partial charge in [-0.25, -0.2) is 0 Å². The minimum absolute atomic E-state index is 0.628. The van der Waals surface area contributed by atoms with E-state index in [1.165, 1.54) is 0 Å². The second-order valence-corrected chi connectivity index (χ2v) is 2.32. The summed E-state index contributed by atoms with van der Waals surface area (Å²) in [6.07, 6.45) is 1.56. The Morgan fingerprint density at radius 2 is 2.30 bits per heavy atom. The smallest absolute Gasteiger partial charge is 0.110 e. The summed E-state index contributed by atoms with van der Waals surface area (Å²) in [5.74, 6) is 0.628. The quantitative estimate of drug-likeness (QED) is 0.331. The fourth-order valence-corrected chi connectivity index (χ4v) is 0.404. The lowest BCUT2D eigenvalue weighted by molar-refractivity contribution is 0.626. The van der Waals surface area contributed by atoms with E-state index in [0.717, 1.165) is 6.54 Å². The first-order chi connectivity index (χ1) is 4.77. The summed E-state index contributed by atoms with van der Waals surface area (Å²) in [6.45, 7) is 8.36. The Kier molecular flexibility index (Phi) is 5.42. The second-order valence-electron chi connectivity index (χ2n) is 2.32. The Balaban J connectivity index is 3.09. The molecule has 10 heavy (non-hydrogen) atoms. The van der Waals surface area contributed by atoms with E-state index in [0.29, 0.717) is 5.92 Å². The van der Waals surface area contributed by atoms with Crippen LogP contribution in [0.1, 0.15) is 13.8 Å². The molecule has 0 aromatic rings. The summed E-state index contributed by atoms with van der Waals surface area (Å²) in [7, 11) is 0. The van der Waals surface area contributed by atoms with Gasteiger partial charge < -0.3 is 5.32 Å². The van der Waals surface area contributed by atoms with Crippen LogP contribution in [-0.2, 0) is 0 Å². The zero-order valence-corrected chi connectivity index (χ0v) is 6.46. The molecule has 0 amide bonds. The molecular weight excluding hydrogens is 128 g/mol. The molecule has 0 spiro atoms. The summed E-state index contributed by atoms with van der Waals surface area (Å²) in [5, 5.41) is 9.94. The number of hydrogen-bond donors (Lipinski definition) is 2. The van der Waals surface area contributed by atoms with Gasteiger partial charge in [0, 0.05) is 13.3 Å². The summed E-state index contributed by atoms with van der Waals surface area (Å²) in [6, 6.07) is 0. The third kappa shape index (κ3) is 6.94. The predicted molar refractivity (Wildman–Crippen MR) is 44.0 cm³/mol. The highest BCUT2D eigenvalue weighted by molar-refractivity contribution is 5.53. The van der Waals surface area contributed by atoms with E-state index in [2.05, 4.69) is 41.6 Å². The zero-order valence-electron chi connectivity index (χ0n) is 6.46. The molecule has 0 heterocycles. The van der Waals surface area contributed by atoms with E-state index in [-0.39, 0.29) is 0 Å². The maximum atomic E-state index is 3.65. The maximum Gasteiger partial charge on any atom is 0.110 e. The van der Waals surface area contributed by atoms with Crippen molar-refractivity contribution in [3.05, 3.63) is 0 Å². The van der Waals surface area contributed by atoms with Crippen molar-refractivity contribution in [2.75, 3.05) is 6.54 Å². The fourth-order valence-electron chi connectivity index (χ4n) is 0.404. The van der Waals surface area contributed by atoms with Gasteiger partial charge in [0.15, 0.2) is 0 Å². The SMILES string of the molecule is C=NN/N=C\NCC(C)C. The van der Waals surface area contributed by atoms with Gasteiger partial charge in [0.05, 0.1) is 0 Å². The third-order valence-electron chi connectivity index (χ3n) is 0.810. The van der Waals surface area contributed by atoms with Crippen molar-refractivity contribution >= 4 is 13.1 Å². The average molecular weight is 142 g/mol. The first-order valence-corrected chi connectivity index (χ1v) is 3.23. The molecule has 0 bridgehead atoms. The molecule has 0 saturated carbocycles. The summed E-state index contributed by atoms with van der Waals surface area (Å²) < 4.78 is 0. The van der Waals surface area contributed by atoms with Crippen LogP contribution in [0, 0.1) is 5.92 Å². The van der Waals surface area contributed by atoms with Gasteiger partial charge in [-0.15, -0.1) is 5.10 Å². The molecule has 0 aliphatic rings. The molecule has 0 rings (SSSR count). The molecule has 0 aromatic heterocycles. The molecule has 0 aromatic carbocycles. The molecule has 58 valence electrons. The summed E-state index contributed by atoms with van der Waals surface area (Å²) >= 11 is 0. The maximum absolute atomic E-state index is 3.65. The Hall–Kier alpha value is -1.06. The molecule has 0 fully saturated rings. The van der Waals surface area contributed by atoms with Gasteiger partial charge in [-0.05, 0) is 5.92 Å². The van der Waals surface area contributed by atoms with Crippen molar-refractivity contribution in [3.63, 3.8) is 0 Å². The third-order valence-corrected chi connectivity index (χ3v) is 0.810. The van der Waals surface area contributed by atoms with Crippen LogP contribution in [0.3, 0.4) is 0 Å². The molecule has 0 radical (unpaired) electrons. The van der Waals surface area contributed by atoms with Crippen molar-refractivity contribution in [1.82, 2.24) is 10.9 Å². The topological polar surface area (TPSA) is 48.8 Å². The van der Waals surface area contributed by atoms with Crippen LogP contribution in [0.4, 0.5) is 0 Å². The van der Waals surface area contributed by atoms with Gasteiger partial charge >= 0.3 is 0 Å². The lowest BCUT2D eigenvalue weighted by Gasteiger charge is -2.01. The van der Waals surface area contributed by atoms with Gasteiger partial charge in [-0.1, -0.05) is 13.8 Å². The Morgan fingerprint density at radius 3 is 2.80 bits per heavy atom. The van der Waals surface area contributed by atoms with Crippen LogP contribution in [-0.4, -0.2) is 19.6 Å². The minimum atomic E-state index is 0.628. The second kappa shape index (κ2) is 6.07. The number of nitrogens with zero attached hydrogens (tertiary/aromatic N) is 2. The van der Waals surface area contributed by atoms with Crippen LogP contribution in [0.2, 0.25) is 0 Å². The molecule has 2 N–H and O–H groups in total. The van der Waals surface area contributed by atoms with E-state index in [9.17, 15) is 0 Å². The van der Waals surface area contributed by atoms with Crippen molar-refractivity contribution < 1.29 is 0 Å². The predicted octanol–water partition coefficient (Wildman–Crippen LogP) is 0.380. The minimum Gasteiger partial charge on any atom is -0.374 e. The van der Waals surface area contributed by atoms with Gasteiger partial charge in [-0.2, -0.15) is 10.6 Å².